The van der Waals surface area contributed by atoms with Crippen LogP contribution in [-0.2, 0) is 9.84 Å². The molecule has 14 heteroatoms. The summed E-state index contributed by atoms with van der Waals surface area (Å²) in [5, 5.41) is 7.23. The molecule has 2 aromatic carbocycles. The smallest absolute Gasteiger partial charge is 0.261 e. The molecular formula is C27H30ClN7O4S2. The second kappa shape index (κ2) is 11.9. The van der Waals surface area contributed by atoms with Crippen molar-refractivity contribution in [2.45, 2.75) is 18.2 Å². The maximum atomic E-state index is 13.5. The van der Waals surface area contributed by atoms with Gasteiger partial charge in [-0.2, -0.15) is 5.10 Å². The number of thiazole rings is 1. The van der Waals surface area contributed by atoms with E-state index in [0.29, 0.717) is 22.3 Å². The van der Waals surface area contributed by atoms with Crippen LogP contribution in [0.1, 0.15) is 32.8 Å². The number of nitrogens with two attached hydrogens (primary N) is 1. The van der Waals surface area contributed by atoms with Gasteiger partial charge in [-0.15, -0.1) is 0 Å². The van der Waals surface area contributed by atoms with Crippen LogP contribution in [0.15, 0.2) is 47.5 Å². The number of primary amides is 1. The molecule has 2 amide bonds. The van der Waals surface area contributed by atoms with Crippen LogP contribution in [0.25, 0.3) is 15.9 Å². The molecule has 3 heterocycles. The Labute approximate surface area is 246 Å². The van der Waals surface area contributed by atoms with E-state index >= 15 is 0 Å². The Kier molecular flexibility index (Phi) is 8.43. The van der Waals surface area contributed by atoms with Gasteiger partial charge in [0, 0.05) is 32.4 Å². The highest BCUT2D eigenvalue weighted by atomic mass is 35.5. The lowest BCUT2D eigenvalue weighted by molar-refractivity contribution is 0.100. The maximum absolute atomic E-state index is 13.5. The normalized spacial score (nSPS) is 14.9. The number of carbonyl (C=O) groups is 2. The second-order valence-corrected chi connectivity index (χ2v) is 13.5. The zero-order valence-electron chi connectivity index (χ0n) is 22.6. The number of nitrogens with zero attached hydrogens (tertiary/aromatic N) is 5. The van der Waals surface area contributed by atoms with Crippen molar-refractivity contribution in [2.75, 3.05) is 50.8 Å². The van der Waals surface area contributed by atoms with Gasteiger partial charge in [-0.25, -0.2) is 18.1 Å². The quantitative estimate of drug-likeness (QED) is 0.292. The number of sulfone groups is 1. The van der Waals surface area contributed by atoms with Crippen molar-refractivity contribution in [3.63, 3.8) is 0 Å². The van der Waals surface area contributed by atoms with Crippen molar-refractivity contribution in [3.05, 3.63) is 64.4 Å². The predicted molar refractivity (Wildman–Crippen MR) is 160 cm³/mol. The summed E-state index contributed by atoms with van der Waals surface area (Å²) in [6.45, 7) is 6.41. The molecule has 1 fully saturated rings. The van der Waals surface area contributed by atoms with E-state index in [-0.39, 0.29) is 31.9 Å². The molecule has 0 aliphatic carbocycles. The molecule has 0 spiro atoms. The summed E-state index contributed by atoms with van der Waals surface area (Å²) in [6.07, 6.45) is 2.23. The number of carbonyl (C=O) groups excluding carboxylic acids is 2. The summed E-state index contributed by atoms with van der Waals surface area (Å²) in [5.41, 5.74) is 7.09. The minimum atomic E-state index is -3.49. The van der Waals surface area contributed by atoms with E-state index in [9.17, 15) is 18.0 Å². The fraction of sp³-hybridized carbons (Fsp3) is 0.333. The number of anilines is 1. The van der Waals surface area contributed by atoms with Gasteiger partial charge in [-0.05, 0) is 63.3 Å². The van der Waals surface area contributed by atoms with Gasteiger partial charge < -0.3 is 15.5 Å². The molecule has 1 saturated heterocycles. The number of piperazine rings is 1. The molecule has 2 aromatic heterocycles. The number of aromatic nitrogens is 3. The number of rotatable bonds is 9. The standard InChI is InChI=1S/C27H30ClN7O4S2/c1-17-8-10-35(32-17)21-7-5-19(25(29)36)24(28)23(21)26(37)31-27-30-20-6-4-18(16-22(20)40-27)41(38,39)15-3-9-34-13-11-33(2)12-14-34/h4-8,10,16H,3,9,11-15H2,1-2H3,(H2,29,36)(H,30,31,37). The van der Waals surface area contributed by atoms with Crippen molar-refractivity contribution in [1.29, 1.82) is 0 Å². The average Bonchev–Trinajstić information content (AvgIpc) is 3.54. The Hall–Kier alpha value is -3.36. The van der Waals surface area contributed by atoms with Gasteiger partial charge in [-0.1, -0.05) is 22.9 Å². The molecule has 0 bridgehead atoms. The van der Waals surface area contributed by atoms with E-state index in [0.717, 1.165) is 49.8 Å². The number of benzene rings is 2. The maximum Gasteiger partial charge on any atom is 0.261 e. The van der Waals surface area contributed by atoms with Crippen LogP contribution in [0.4, 0.5) is 5.13 Å². The molecule has 4 aromatic rings. The zero-order valence-corrected chi connectivity index (χ0v) is 25.0. The third-order valence-corrected chi connectivity index (χ3v) is 10.1. The number of fused-ring (bicyclic) bond motifs is 1. The van der Waals surface area contributed by atoms with Crippen LogP contribution in [0.2, 0.25) is 5.02 Å². The molecule has 0 atom stereocenters. The monoisotopic (exact) mass is 615 g/mol. The van der Waals surface area contributed by atoms with Gasteiger partial charge in [0.25, 0.3) is 5.91 Å². The molecule has 0 unspecified atom stereocenters. The van der Waals surface area contributed by atoms with Crippen LogP contribution in [0.5, 0.6) is 0 Å². The Balaban J connectivity index is 1.35. The van der Waals surface area contributed by atoms with Crippen LogP contribution in [0.3, 0.4) is 0 Å². The summed E-state index contributed by atoms with van der Waals surface area (Å²) in [6, 6.07) is 9.53. The number of nitrogens with one attached hydrogen (secondary N) is 1. The molecule has 11 nitrogen and oxygen atoms in total. The van der Waals surface area contributed by atoms with E-state index < -0.39 is 21.7 Å². The van der Waals surface area contributed by atoms with E-state index in [2.05, 4.69) is 32.2 Å². The summed E-state index contributed by atoms with van der Waals surface area (Å²) < 4.78 is 28.2. The van der Waals surface area contributed by atoms with Crippen LogP contribution in [-0.4, -0.2) is 90.3 Å². The highest BCUT2D eigenvalue weighted by Crippen LogP contribution is 2.32. The number of likely N-dealkylation sites (N-methyl/N-ethyl adjacent to an activating group) is 1. The van der Waals surface area contributed by atoms with Gasteiger partial charge in [0.1, 0.15) is 0 Å². The van der Waals surface area contributed by atoms with E-state index in [4.69, 9.17) is 17.3 Å². The molecule has 216 valence electrons. The Morgan fingerprint density at radius 3 is 2.56 bits per heavy atom. The van der Waals surface area contributed by atoms with Crippen molar-refractivity contribution in [2.24, 2.45) is 5.73 Å². The molecule has 0 saturated carbocycles. The third-order valence-electron chi connectivity index (χ3n) is 7.00. The Morgan fingerprint density at radius 1 is 1.12 bits per heavy atom. The molecule has 0 radical (unpaired) electrons. The first-order valence-corrected chi connectivity index (χ1v) is 15.9. The predicted octanol–water partition coefficient (Wildman–Crippen LogP) is 3.21. The molecule has 3 N–H and O–H groups in total. The lowest BCUT2D eigenvalue weighted by Crippen LogP contribution is -2.44. The lowest BCUT2D eigenvalue weighted by atomic mass is 10.1. The van der Waals surface area contributed by atoms with Crippen LogP contribution < -0.4 is 11.1 Å². The highest BCUT2D eigenvalue weighted by Gasteiger charge is 2.24. The molecule has 5 rings (SSSR count). The topological polar surface area (TPSA) is 144 Å². The van der Waals surface area contributed by atoms with Gasteiger partial charge in [0.05, 0.1) is 48.4 Å². The summed E-state index contributed by atoms with van der Waals surface area (Å²) in [4.78, 5) is 34.6. The number of halogens is 1. The Morgan fingerprint density at radius 2 is 1.88 bits per heavy atom. The largest absolute Gasteiger partial charge is 0.366 e. The summed E-state index contributed by atoms with van der Waals surface area (Å²) in [7, 11) is -1.40. The fourth-order valence-electron chi connectivity index (χ4n) is 4.69. The average molecular weight is 616 g/mol. The Bertz CT molecular complexity index is 1730. The third kappa shape index (κ3) is 6.44. The molecule has 1 aliphatic rings. The number of hydrogen-bond donors (Lipinski definition) is 2. The van der Waals surface area contributed by atoms with E-state index in [1.807, 2.05) is 0 Å². The van der Waals surface area contributed by atoms with Gasteiger partial charge in [-0.3, -0.25) is 14.9 Å². The first kappa shape index (κ1) is 29.1. The van der Waals surface area contributed by atoms with Gasteiger partial charge in [0.15, 0.2) is 15.0 Å². The molecular weight excluding hydrogens is 586 g/mol. The zero-order chi connectivity index (χ0) is 29.3. The van der Waals surface area contributed by atoms with Crippen molar-refractivity contribution >= 4 is 59.9 Å². The van der Waals surface area contributed by atoms with E-state index in [1.165, 1.54) is 10.7 Å². The van der Waals surface area contributed by atoms with Crippen LogP contribution >= 0.6 is 22.9 Å². The SMILES string of the molecule is Cc1ccn(-c2ccc(C(N)=O)c(Cl)c2C(=O)Nc2nc3ccc(S(=O)(=O)CCCN4CCN(C)CC4)cc3s2)n1. The minimum Gasteiger partial charge on any atom is -0.366 e. The lowest BCUT2D eigenvalue weighted by Gasteiger charge is -2.32. The van der Waals surface area contributed by atoms with E-state index in [1.54, 1.807) is 43.5 Å². The number of amides is 2. The minimum absolute atomic E-state index is 0.00350. The van der Waals surface area contributed by atoms with Crippen molar-refractivity contribution < 1.29 is 18.0 Å². The van der Waals surface area contributed by atoms with Crippen molar-refractivity contribution in [3.8, 4) is 5.69 Å². The summed E-state index contributed by atoms with van der Waals surface area (Å²) in [5.74, 6) is -1.33. The van der Waals surface area contributed by atoms with Gasteiger partial charge >= 0.3 is 0 Å². The fourth-order valence-corrected chi connectivity index (χ4v) is 7.32. The first-order chi connectivity index (χ1) is 19.5. The number of aryl methyl sites for hydroxylation is 1. The number of hydrogen-bond acceptors (Lipinski definition) is 9. The van der Waals surface area contributed by atoms with Crippen molar-refractivity contribution in [1.82, 2.24) is 24.6 Å². The molecule has 1 aliphatic heterocycles. The highest BCUT2D eigenvalue weighted by molar-refractivity contribution is 7.91. The molecule has 41 heavy (non-hydrogen) atoms. The van der Waals surface area contributed by atoms with Crippen LogP contribution in [0, 0.1) is 6.92 Å². The summed E-state index contributed by atoms with van der Waals surface area (Å²) >= 11 is 7.62. The van der Waals surface area contributed by atoms with Gasteiger partial charge in [0.2, 0.25) is 5.91 Å². The first-order valence-electron chi connectivity index (χ1n) is 13.0. The second-order valence-electron chi connectivity index (χ2n) is 10.0.